The molecule has 1 saturated carbocycles. The van der Waals surface area contributed by atoms with Crippen molar-refractivity contribution in [1.82, 2.24) is 20.5 Å². The number of pyridine rings is 1. The van der Waals surface area contributed by atoms with Crippen LogP contribution in [0.15, 0.2) is 18.3 Å². The van der Waals surface area contributed by atoms with Crippen LogP contribution in [0.5, 0.6) is 0 Å². The Morgan fingerprint density at radius 3 is 2.72 bits per heavy atom. The van der Waals surface area contributed by atoms with Crippen LogP contribution in [0, 0.1) is 5.92 Å². The fourth-order valence-electron chi connectivity index (χ4n) is 2.99. The first-order valence-electron chi connectivity index (χ1n) is 8.98. The Morgan fingerprint density at radius 2 is 2.08 bits per heavy atom. The summed E-state index contributed by atoms with van der Waals surface area (Å²) in [6.07, 6.45) is 5.69. The average Bonchev–Trinajstić information content (AvgIpc) is 3.44. The van der Waals surface area contributed by atoms with Crippen LogP contribution in [0.25, 0.3) is 0 Å². The van der Waals surface area contributed by atoms with Crippen molar-refractivity contribution in [2.45, 2.75) is 38.3 Å². The Labute approximate surface area is 148 Å². The monoisotopic (exact) mass is 345 g/mol. The summed E-state index contributed by atoms with van der Waals surface area (Å²) in [5.74, 6) is 0.0125. The molecule has 25 heavy (non-hydrogen) atoms. The summed E-state index contributed by atoms with van der Waals surface area (Å²) in [7, 11) is 3.93. The minimum absolute atomic E-state index is 0.0856. The number of nitrogens with one attached hydrogen (secondary N) is 2. The number of hydrogen-bond donors (Lipinski definition) is 2. The lowest BCUT2D eigenvalue weighted by molar-refractivity contribution is -0.126. The summed E-state index contributed by atoms with van der Waals surface area (Å²) in [6.45, 7) is 1.59. The van der Waals surface area contributed by atoms with Crippen molar-refractivity contribution in [3.63, 3.8) is 0 Å². The zero-order valence-corrected chi connectivity index (χ0v) is 15.0. The third-order valence-corrected chi connectivity index (χ3v) is 4.75. The van der Waals surface area contributed by atoms with E-state index >= 15 is 0 Å². The van der Waals surface area contributed by atoms with Gasteiger partial charge < -0.3 is 20.4 Å². The van der Waals surface area contributed by atoms with Crippen LogP contribution >= 0.6 is 0 Å². The molecule has 1 aromatic heterocycles. The number of aromatic nitrogens is 1. The number of urea groups is 1. The maximum absolute atomic E-state index is 12.4. The second-order valence-corrected chi connectivity index (χ2v) is 7.13. The van der Waals surface area contributed by atoms with Crippen LogP contribution in [0.2, 0.25) is 0 Å². The second kappa shape index (κ2) is 7.72. The minimum Gasteiger partial charge on any atom is -0.376 e. The molecule has 1 saturated heterocycles. The van der Waals surface area contributed by atoms with Crippen LogP contribution < -0.4 is 15.5 Å². The highest BCUT2D eigenvalue weighted by Crippen LogP contribution is 2.22. The van der Waals surface area contributed by atoms with E-state index in [0.717, 1.165) is 37.1 Å². The van der Waals surface area contributed by atoms with Crippen LogP contribution in [-0.2, 0) is 11.3 Å². The molecule has 7 heteroatoms. The van der Waals surface area contributed by atoms with Gasteiger partial charge in [0.2, 0.25) is 5.91 Å². The zero-order valence-electron chi connectivity index (χ0n) is 15.0. The van der Waals surface area contributed by atoms with Crippen LogP contribution in [0.1, 0.15) is 31.4 Å². The van der Waals surface area contributed by atoms with Gasteiger partial charge in [-0.15, -0.1) is 0 Å². The number of likely N-dealkylation sites (tertiary alicyclic amines) is 1. The number of carbonyl (C=O) groups is 2. The molecule has 0 bridgehead atoms. The highest BCUT2D eigenvalue weighted by Gasteiger charge is 2.31. The van der Waals surface area contributed by atoms with Gasteiger partial charge in [0.25, 0.3) is 0 Å². The first kappa shape index (κ1) is 17.5. The van der Waals surface area contributed by atoms with Gasteiger partial charge in [-0.1, -0.05) is 0 Å². The molecule has 3 amide bonds. The Kier molecular flexibility index (Phi) is 5.40. The van der Waals surface area contributed by atoms with Crippen LogP contribution in [0.4, 0.5) is 10.5 Å². The Balaban J connectivity index is 1.47. The lowest BCUT2D eigenvalue weighted by Gasteiger charge is -2.32. The number of hydrogen-bond acceptors (Lipinski definition) is 4. The van der Waals surface area contributed by atoms with E-state index in [1.165, 1.54) is 0 Å². The van der Waals surface area contributed by atoms with Crippen molar-refractivity contribution >= 4 is 17.6 Å². The van der Waals surface area contributed by atoms with E-state index in [4.69, 9.17) is 0 Å². The van der Waals surface area contributed by atoms with E-state index in [-0.39, 0.29) is 17.9 Å². The molecule has 1 aliphatic carbocycles. The SMILES string of the molecule is CN(C)c1ccc(CNC(=O)N2CCCC(C(=O)NC3CC3)C2)nc1. The number of carbonyl (C=O) groups excluding carboxylic acids is 2. The number of rotatable bonds is 5. The van der Waals surface area contributed by atoms with E-state index in [0.29, 0.717) is 25.7 Å². The smallest absolute Gasteiger partial charge is 0.317 e. The predicted molar refractivity (Wildman–Crippen MR) is 96.3 cm³/mol. The quantitative estimate of drug-likeness (QED) is 0.844. The molecule has 136 valence electrons. The molecule has 2 fully saturated rings. The standard InChI is InChI=1S/C18H27N5O2/c1-22(2)16-8-7-15(19-11-16)10-20-18(25)23-9-3-4-13(12-23)17(24)21-14-5-6-14/h7-8,11,13-14H,3-6,9-10,12H2,1-2H3,(H,20,25)(H,21,24). The molecule has 1 aliphatic heterocycles. The maximum atomic E-state index is 12.4. The van der Waals surface area contributed by atoms with Gasteiger partial charge in [-0.05, 0) is 37.8 Å². The van der Waals surface area contributed by atoms with E-state index in [2.05, 4.69) is 15.6 Å². The Bertz CT molecular complexity index is 612. The Morgan fingerprint density at radius 1 is 1.28 bits per heavy atom. The highest BCUT2D eigenvalue weighted by molar-refractivity contribution is 5.81. The lowest BCUT2D eigenvalue weighted by atomic mass is 9.97. The number of nitrogens with zero attached hydrogens (tertiary/aromatic N) is 3. The zero-order chi connectivity index (χ0) is 17.8. The third kappa shape index (κ3) is 4.84. The predicted octanol–water partition coefficient (Wildman–Crippen LogP) is 1.35. The van der Waals surface area contributed by atoms with Gasteiger partial charge in [0.05, 0.1) is 30.0 Å². The highest BCUT2D eigenvalue weighted by atomic mass is 16.2. The summed E-state index contributed by atoms with van der Waals surface area (Å²) in [4.78, 5) is 32.7. The van der Waals surface area contributed by atoms with Gasteiger partial charge in [0.15, 0.2) is 0 Å². The van der Waals surface area contributed by atoms with Gasteiger partial charge in [-0.3, -0.25) is 9.78 Å². The number of piperidine rings is 1. The van der Waals surface area contributed by atoms with Crippen LogP contribution in [-0.4, -0.2) is 55.0 Å². The molecule has 2 N–H and O–H groups in total. The van der Waals surface area contributed by atoms with Gasteiger partial charge in [0.1, 0.15) is 0 Å². The number of anilines is 1. The molecule has 0 radical (unpaired) electrons. The largest absolute Gasteiger partial charge is 0.376 e. The second-order valence-electron chi connectivity index (χ2n) is 7.13. The van der Waals surface area contributed by atoms with Crippen molar-refractivity contribution in [3.8, 4) is 0 Å². The van der Waals surface area contributed by atoms with Gasteiger partial charge in [-0.2, -0.15) is 0 Å². The molecular formula is C18H27N5O2. The fourth-order valence-corrected chi connectivity index (χ4v) is 2.99. The fraction of sp³-hybridized carbons (Fsp3) is 0.611. The summed E-state index contributed by atoms with van der Waals surface area (Å²) in [5, 5.41) is 5.95. The first-order valence-corrected chi connectivity index (χ1v) is 8.98. The lowest BCUT2D eigenvalue weighted by Crippen LogP contribution is -2.49. The molecule has 0 aromatic carbocycles. The van der Waals surface area contributed by atoms with Gasteiger partial charge >= 0.3 is 6.03 Å². The summed E-state index contributed by atoms with van der Waals surface area (Å²) in [6, 6.07) is 4.14. The molecule has 0 spiro atoms. The topological polar surface area (TPSA) is 77.6 Å². The molecule has 1 unspecified atom stereocenters. The van der Waals surface area contributed by atoms with E-state index < -0.39 is 0 Å². The molecule has 1 aromatic rings. The van der Waals surface area contributed by atoms with E-state index in [9.17, 15) is 9.59 Å². The first-order chi connectivity index (χ1) is 12.0. The third-order valence-electron chi connectivity index (χ3n) is 4.75. The molecule has 2 aliphatic rings. The molecule has 3 rings (SSSR count). The minimum atomic E-state index is -0.123. The average molecular weight is 345 g/mol. The number of amides is 3. The molecular weight excluding hydrogens is 318 g/mol. The summed E-state index contributed by atoms with van der Waals surface area (Å²) in [5.41, 5.74) is 1.84. The molecule has 1 atom stereocenters. The van der Waals surface area contributed by atoms with Crippen molar-refractivity contribution in [2.75, 3.05) is 32.1 Å². The van der Waals surface area contributed by atoms with Crippen molar-refractivity contribution in [1.29, 1.82) is 0 Å². The molecule has 7 nitrogen and oxygen atoms in total. The maximum Gasteiger partial charge on any atom is 0.317 e. The van der Waals surface area contributed by atoms with E-state index in [1.807, 2.05) is 31.1 Å². The van der Waals surface area contributed by atoms with Gasteiger partial charge in [0, 0.05) is 33.2 Å². The van der Waals surface area contributed by atoms with Crippen LogP contribution in [0.3, 0.4) is 0 Å². The molecule has 2 heterocycles. The Hall–Kier alpha value is -2.31. The van der Waals surface area contributed by atoms with Crippen molar-refractivity contribution < 1.29 is 9.59 Å². The van der Waals surface area contributed by atoms with Crippen molar-refractivity contribution in [2.24, 2.45) is 5.92 Å². The van der Waals surface area contributed by atoms with Crippen molar-refractivity contribution in [3.05, 3.63) is 24.0 Å². The van der Waals surface area contributed by atoms with Gasteiger partial charge in [-0.25, -0.2) is 4.79 Å². The normalized spacial score (nSPS) is 20.1. The van der Waals surface area contributed by atoms with E-state index in [1.54, 1.807) is 11.1 Å². The summed E-state index contributed by atoms with van der Waals surface area (Å²) < 4.78 is 0. The summed E-state index contributed by atoms with van der Waals surface area (Å²) >= 11 is 0.